The van der Waals surface area contributed by atoms with Crippen molar-refractivity contribution in [2.45, 2.75) is 34.1 Å². The molecule has 0 fully saturated rings. The predicted molar refractivity (Wildman–Crippen MR) is 56.2 cm³/mol. The van der Waals surface area contributed by atoms with Gasteiger partial charge in [-0.25, -0.2) is 0 Å². The zero-order valence-electron chi connectivity index (χ0n) is 8.92. The van der Waals surface area contributed by atoms with E-state index >= 15 is 0 Å². The molecule has 0 aliphatic heterocycles. The molecule has 0 aromatic carbocycles. The standard InChI is InChI=1S/C11H19NO/c1-5-9(6-7-10(12)13)8-11(2,3)4/h6-8H,5H2,1-4H3,(H2,12,13)/b7-6+,9-8+. The molecule has 0 aliphatic rings. The van der Waals surface area contributed by atoms with E-state index in [0.29, 0.717) is 0 Å². The molecule has 0 radical (unpaired) electrons. The lowest BCUT2D eigenvalue weighted by molar-refractivity contribution is -0.113. The Morgan fingerprint density at radius 1 is 1.31 bits per heavy atom. The molecule has 0 unspecified atom stereocenters. The van der Waals surface area contributed by atoms with E-state index < -0.39 is 5.91 Å². The van der Waals surface area contributed by atoms with E-state index in [1.807, 2.05) is 0 Å². The zero-order chi connectivity index (χ0) is 10.5. The smallest absolute Gasteiger partial charge is 0.241 e. The van der Waals surface area contributed by atoms with Crippen LogP contribution in [0.1, 0.15) is 34.1 Å². The Hall–Kier alpha value is -1.05. The van der Waals surface area contributed by atoms with Gasteiger partial charge >= 0.3 is 0 Å². The van der Waals surface area contributed by atoms with Crippen LogP contribution in [-0.2, 0) is 4.79 Å². The Balaban J connectivity index is 4.53. The van der Waals surface area contributed by atoms with E-state index in [9.17, 15) is 4.79 Å². The maximum absolute atomic E-state index is 10.5. The van der Waals surface area contributed by atoms with Gasteiger partial charge in [-0.3, -0.25) is 4.79 Å². The van der Waals surface area contributed by atoms with Gasteiger partial charge in [0.25, 0.3) is 0 Å². The van der Waals surface area contributed by atoms with Gasteiger partial charge in [-0.15, -0.1) is 0 Å². The van der Waals surface area contributed by atoms with Gasteiger partial charge in [-0.2, -0.15) is 0 Å². The zero-order valence-corrected chi connectivity index (χ0v) is 8.92. The molecular weight excluding hydrogens is 162 g/mol. The van der Waals surface area contributed by atoms with Gasteiger partial charge in [0.2, 0.25) is 5.91 Å². The minimum absolute atomic E-state index is 0.146. The third-order valence-corrected chi connectivity index (χ3v) is 1.49. The number of amides is 1. The number of primary amides is 1. The quantitative estimate of drug-likeness (QED) is 0.527. The fourth-order valence-electron chi connectivity index (χ4n) is 1.01. The monoisotopic (exact) mass is 181 g/mol. The van der Waals surface area contributed by atoms with E-state index in [1.54, 1.807) is 6.08 Å². The van der Waals surface area contributed by atoms with Crippen molar-refractivity contribution in [1.82, 2.24) is 0 Å². The first-order chi connectivity index (χ1) is 5.85. The van der Waals surface area contributed by atoms with Crippen LogP contribution >= 0.6 is 0 Å². The Morgan fingerprint density at radius 3 is 2.15 bits per heavy atom. The third-order valence-electron chi connectivity index (χ3n) is 1.49. The molecule has 2 heteroatoms. The number of carbonyl (C=O) groups is 1. The molecule has 13 heavy (non-hydrogen) atoms. The normalized spacial score (nSPS) is 13.7. The van der Waals surface area contributed by atoms with Crippen molar-refractivity contribution >= 4 is 5.91 Å². The highest BCUT2D eigenvalue weighted by Crippen LogP contribution is 2.19. The summed E-state index contributed by atoms with van der Waals surface area (Å²) in [5.41, 5.74) is 6.30. The largest absolute Gasteiger partial charge is 0.366 e. The first-order valence-corrected chi connectivity index (χ1v) is 4.54. The summed E-state index contributed by atoms with van der Waals surface area (Å²) in [7, 11) is 0. The maximum atomic E-state index is 10.5. The van der Waals surface area contributed by atoms with Gasteiger partial charge in [-0.05, 0) is 11.8 Å². The Labute approximate surface area is 80.5 Å². The lowest BCUT2D eigenvalue weighted by Crippen LogP contribution is -2.06. The first kappa shape index (κ1) is 11.9. The Morgan fingerprint density at radius 2 is 1.85 bits per heavy atom. The van der Waals surface area contributed by atoms with Crippen molar-refractivity contribution in [3.63, 3.8) is 0 Å². The lowest BCUT2D eigenvalue weighted by atomic mass is 9.92. The van der Waals surface area contributed by atoms with Crippen molar-refractivity contribution in [2.75, 3.05) is 0 Å². The van der Waals surface area contributed by atoms with E-state index in [0.717, 1.165) is 12.0 Å². The molecule has 2 nitrogen and oxygen atoms in total. The Kier molecular flexibility index (Phi) is 4.46. The van der Waals surface area contributed by atoms with E-state index in [1.165, 1.54) is 6.08 Å². The molecule has 0 saturated carbocycles. The minimum atomic E-state index is -0.395. The molecule has 0 bridgehead atoms. The Bertz CT molecular complexity index is 231. The molecule has 0 spiro atoms. The maximum Gasteiger partial charge on any atom is 0.241 e. The second kappa shape index (κ2) is 4.85. The van der Waals surface area contributed by atoms with Gasteiger partial charge in [-0.1, -0.05) is 45.4 Å². The molecule has 0 rings (SSSR count). The minimum Gasteiger partial charge on any atom is -0.366 e. The van der Waals surface area contributed by atoms with Crippen LogP contribution in [0.15, 0.2) is 23.8 Å². The van der Waals surface area contributed by atoms with Crippen molar-refractivity contribution in [3.8, 4) is 0 Å². The highest BCUT2D eigenvalue weighted by atomic mass is 16.1. The van der Waals surface area contributed by atoms with Crippen LogP contribution in [0.3, 0.4) is 0 Å². The van der Waals surface area contributed by atoms with Crippen LogP contribution in [0.5, 0.6) is 0 Å². The van der Waals surface area contributed by atoms with Crippen molar-refractivity contribution in [2.24, 2.45) is 11.1 Å². The summed E-state index contributed by atoms with van der Waals surface area (Å²) in [6, 6.07) is 0. The fourth-order valence-corrected chi connectivity index (χ4v) is 1.01. The summed E-state index contributed by atoms with van der Waals surface area (Å²) in [6.07, 6.45) is 6.25. The van der Waals surface area contributed by atoms with Crippen LogP contribution in [0.4, 0.5) is 0 Å². The van der Waals surface area contributed by atoms with Crippen molar-refractivity contribution in [1.29, 1.82) is 0 Å². The first-order valence-electron chi connectivity index (χ1n) is 4.54. The topological polar surface area (TPSA) is 43.1 Å². The molecule has 0 aliphatic carbocycles. The summed E-state index contributed by atoms with van der Waals surface area (Å²) < 4.78 is 0. The summed E-state index contributed by atoms with van der Waals surface area (Å²) in [6.45, 7) is 8.44. The second-order valence-electron chi connectivity index (χ2n) is 4.17. The van der Waals surface area contributed by atoms with E-state index in [4.69, 9.17) is 5.73 Å². The molecule has 0 saturated heterocycles. The number of hydrogen-bond donors (Lipinski definition) is 1. The molecule has 0 atom stereocenters. The predicted octanol–water partition coefficient (Wildman–Crippen LogP) is 2.41. The number of hydrogen-bond acceptors (Lipinski definition) is 1. The average Bonchev–Trinajstić information content (AvgIpc) is 1.95. The highest BCUT2D eigenvalue weighted by molar-refractivity contribution is 5.86. The molecule has 0 aromatic rings. The number of rotatable bonds is 3. The van der Waals surface area contributed by atoms with Crippen LogP contribution in [-0.4, -0.2) is 5.91 Å². The second-order valence-corrected chi connectivity index (χ2v) is 4.17. The van der Waals surface area contributed by atoms with Crippen LogP contribution in [0.2, 0.25) is 0 Å². The molecule has 0 aromatic heterocycles. The van der Waals surface area contributed by atoms with Gasteiger partial charge in [0.1, 0.15) is 0 Å². The van der Waals surface area contributed by atoms with Gasteiger partial charge < -0.3 is 5.73 Å². The number of nitrogens with two attached hydrogens (primary N) is 1. The summed E-state index contributed by atoms with van der Waals surface area (Å²) in [5.74, 6) is -0.395. The molecule has 1 amide bonds. The third kappa shape index (κ3) is 7.32. The average molecular weight is 181 g/mol. The van der Waals surface area contributed by atoms with E-state index in [2.05, 4.69) is 33.8 Å². The van der Waals surface area contributed by atoms with Gasteiger partial charge in [0.05, 0.1) is 0 Å². The van der Waals surface area contributed by atoms with E-state index in [-0.39, 0.29) is 5.41 Å². The lowest BCUT2D eigenvalue weighted by Gasteiger charge is -2.13. The summed E-state index contributed by atoms with van der Waals surface area (Å²) in [5, 5.41) is 0. The molecule has 2 N–H and O–H groups in total. The molecule has 0 heterocycles. The van der Waals surface area contributed by atoms with Crippen LogP contribution < -0.4 is 5.73 Å². The van der Waals surface area contributed by atoms with Gasteiger partial charge in [0.15, 0.2) is 0 Å². The molecule has 74 valence electrons. The van der Waals surface area contributed by atoms with Crippen molar-refractivity contribution < 1.29 is 4.79 Å². The van der Waals surface area contributed by atoms with Crippen LogP contribution in [0.25, 0.3) is 0 Å². The summed E-state index contributed by atoms with van der Waals surface area (Å²) in [4.78, 5) is 10.5. The SMILES string of the molecule is CCC(/C=C/C(N)=O)=C\C(C)(C)C. The summed E-state index contributed by atoms with van der Waals surface area (Å²) >= 11 is 0. The highest BCUT2D eigenvalue weighted by Gasteiger charge is 2.05. The number of allylic oxidation sites excluding steroid dienone is 3. The van der Waals surface area contributed by atoms with Crippen molar-refractivity contribution in [3.05, 3.63) is 23.8 Å². The van der Waals surface area contributed by atoms with Gasteiger partial charge in [0, 0.05) is 6.08 Å². The van der Waals surface area contributed by atoms with Crippen LogP contribution in [0, 0.1) is 5.41 Å². The molecular formula is C11H19NO. The fraction of sp³-hybridized carbons (Fsp3) is 0.545. The number of carbonyl (C=O) groups excluding carboxylic acids is 1.